The van der Waals surface area contributed by atoms with Crippen molar-refractivity contribution in [3.8, 4) is 12.3 Å². The number of H-pyrrole nitrogens is 1. The summed E-state index contributed by atoms with van der Waals surface area (Å²) < 4.78 is 0. The molecule has 1 heteroatoms. The van der Waals surface area contributed by atoms with Gasteiger partial charge in [0.2, 0.25) is 0 Å². The third-order valence-corrected chi connectivity index (χ3v) is 2.49. The van der Waals surface area contributed by atoms with Crippen molar-refractivity contribution in [3.05, 3.63) is 23.0 Å². The maximum absolute atomic E-state index is 5.53. The Morgan fingerprint density at radius 2 is 2.07 bits per heavy atom. The molecule has 0 radical (unpaired) electrons. The van der Waals surface area contributed by atoms with Crippen LogP contribution in [0.25, 0.3) is 0 Å². The lowest BCUT2D eigenvalue weighted by molar-refractivity contribution is 0.779. The summed E-state index contributed by atoms with van der Waals surface area (Å²) in [6.45, 7) is 4.38. The molecule has 0 aromatic carbocycles. The summed E-state index contributed by atoms with van der Waals surface area (Å²) in [4.78, 5) is 3.30. The monoisotopic (exact) mass is 189 g/mol. The van der Waals surface area contributed by atoms with E-state index in [1.807, 2.05) is 0 Å². The number of aryl methyl sites for hydroxylation is 2. The van der Waals surface area contributed by atoms with E-state index < -0.39 is 0 Å². The minimum atomic E-state index is 1.08. The van der Waals surface area contributed by atoms with Gasteiger partial charge in [-0.15, -0.1) is 6.42 Å². The van der Waals surface area contributed by atoms with Gasteiger partial charge < -0.3 is 4.98 Å². The van der Waals surface area contributed by atoms with Crippen LogP contribution in [0, 0.1) is 12.3 Å². The molecule has 1 heterocycles. The summed E-state index contributed by atoms with van der Waals surface area (Å²) in [7, 11) is 0. The molecule has 1 aromatic heterocycles. The second-order valence-electron chi connectivity index (χ2n) is 3.67. The van der Waals surface area contributed by atoms with E-state index in [2.05, 4.69) is 30.9 Å². The highest BCUT2D eigenvalue weighted by molar-refractivity contribution is 5.43. The molecule has 1 nitrogen and oxygen atoms in total. The van der Waals surface area contributed by atoms with Crippen LogP contribution in [0.3, 0.4) is 0 Å². The lowest BCUT2D eigenvalue weighted by atomic mass is 10.0. The van der Waals surface area contributed by atoms with Gasteiger partial charge in [-0.25, -0.2) is 0 Å². The fraction of sp³-hybridized carbons (Fsp3) is 0.538. The fourth-order valence-corrected chi connectivity index (χ4v) is 1.71. The number of nitrogens with one attached hydrogen (secondary N) is 1. The maximum Gasteiger partial charge on any atom is 0.0481 e. The Labute approximate surface area is 86.9 Å². The zero-order valence-electron chi connectivity index (χ0n) is 9.19. The smallest absolute Gasteiger partial charge is 0.0481 e. The molecule has 1 N–H and O–H groups in total. The third kappa shape index (κ3) is 2.42. The molecule has 0 atom stereocenters. The molecule has 0 saturated heterocycles. The average molecular weight is 189 g/mol. The van der Waals surface area contributed by atoms with Gasteiger partial charge in [-0.05, 0) is 24.8 Å². The van der Waals surface area contributed by atoms with Crippen LogP contribution in [0.5, 0.6) is 0 Å². The van der Waals surface area contributed by atoms with Gasteiger partial charge in [-0.1, -0.05) is 32.6 Å². The van der Waals surface area contributed by atoms with E-state index >= 15 is 0 Å². The third-order valence-electron chi connectivity index (χ3n) is 2.49. The van der Waals surface area contributed by atoms with Crippen molar-refractivity contribution in [1.29, 1.82) is 0 Å². The number of terminal acetylenes is 1. The van der Waals surface area contributed by atoms with Crippen LogP contribution in [0.15, 0.2) is 6.20 Å². The molecule has 0 aliphatic rings. The van der Waals surface area contributed by atoms with Crippen LogP contribution in [-0.4, -0.2) is 4.98 Å². The van der Waals surface area contributed by atoms with Gasteiger partial charge in [0, 0.05) is 17.5 Å². The first-order valence-electron chi connectivity index (χ1n) is 5.49. The van der Waals surface area contributed by atoms with E-state index in [0.717, 1.165) is 24.8 Å². The van der Waals surface area contributed by atoms with Crippen LogP contribution in [0.4, 0.5) is 0 Å². The number of rotatable bonds is 5. The zero-order chi connectivity index (χ0) is 10.4. The van der Waals surface area contributed by atoms with Gasteiger partial charge in [0.05, 0.1) is 0 Å². The van der Waals surface area contributed by atoms with Crippen LogP contribution in [0.1, 0.15) is 49.9 Å². The maximum atomic E-state index is 5.53. The molecule has 0 spiro atoms. The largest absolute Gasteiger partial charge is 0.364 e. The Kier molecular flexibility index (Phi) is 4.32. The van der Waals surface area contributed by atoms with Crippen molar-refractivity contribution in [2.24, 2.45) is 0 Å². The predicted molar refractivity (Wildman–Crippen MR) is 61.3 cm³/mol. The second kappa shape index (κ2) is 5.54. The normalized spacial score (nSPS) is 10.1. The topological polar surface area (TPSA) is 15.8 Å². The summed E-state index contributed by atoms with van der Waals surface area (Å²) in [5, 5.41) is 0. The summed E-state index contributed by atoms with van der Waals surface area (Å²) >= 11 is 0. The molecule has 1 aromatic rings. The Balaban J connectivity index is 2.79. The highest BCUT2D eigenvalue weighted by atomic mass is 14.7. The molecule has 76 valence electrons. The molecular weight excluding hydrogens is 170 g/mol. The molecule has 0 aliphatic heterocycles. The molecular formula is C13H19N. The quantitative estimate of drug-likeness (QED) is 0.684. The molecule has 14 heavy (non-hydrogen) atoms. The fourth-order valence-electron chi connectivity index (χ4n) is 1.71. The van der Waals surface area contributed by atoms with E-state index in [1.165, 1.54) is 24.1 Å². The highest BCUT2D eigenvalue weighted by Crippen LogP contribution is 2.16. The van der Waals surface area contributed by atoms with Gasteiger partial charge >= 0.3 is 0 Å². The van der Waals surface area contributed by atoms with Gasteiger partial charge in [-0.2, -0.15) is 0 Å². The molecule has 0 amide bonds. The summed E-state index contributed by atoms with van der Waals surface area (Å²) in [6, 6.07) is 0. The number of aromatic amines is 1. The zero-order valence-corrected chi connectivity index (χ0v) is 9.19. The van der Waals surface area contributed by atoms with Crippen molar-refractivity contribution in [3.63, 3.8) is 0 Å². The predicted octanol–water partition coefficient (Wildman–Crippen LogP) is 3.29. The Morgan fingerprint density at radius 3 is 2.64 bits per heavy atom. The Bertz CT molecular complexity index is 314. The highest BCUT2D eigenvalue weighted by Gasteiger charge is 2.07. The van der Waals surface area contributed by atoms with E-state index in [9.17, 15) is 0 Å². The lowest BCUT2D eigenvalue weighted by Gasteiger charge is -1.99. The van der Waals surface area contributed by atoms with Crippen molar-refractivity contribution in [1.82, 2.24) is 4.98 Å². The van der Waals surface area contributed by atoms with E-state index in [-0.39, 0.29) is 0 Å². The minimum absolute atomic E-state index is 1.08. The molecule has 0 saturated carbocycles. The van der Waals surface area contributed by atoms with E-state index in [4.69, 9.17) is 6.42 Å². The van der Waals surface area contributed by atoms with Crippen LogP contribution >= 0.6 is 0 Å². The summed E-state index contributed by atoms with van der Waals surface area (Å²) in [5.41, 5.74) is 3.67. The lowest BCUT2D eigenvalue weighted by Crippen LogP contribution is -1.90. The molecule has 0 unspecified atom stereocenters. The van der Waals surface area contributed by atoms with Gasteiger partial charge in [-0.3, -0.25) is 0 Å². The van der Waals surface area contributed by atoms with E-state index in [1.54, 1.807) is 0 Å². The van der Waals surface area contributed by atoms with E-state index in [0.29, 0.717) is 0 Å². The van der Waals surface area contributed by atoms with Gasteiger partial charge in [0.1, 0.15) is 0 Å². The molecule has 0 bridgehead atoms. The number of unbranched alkanes of at least 4 members (excludes halogenated alkanes) is 1. The first-order chi connectivity index (χ1) is 6.83. The standard InChI is InChI=1S/C13H19N/c1-4-7-9-13-12(6-3)11(8-5-2)10-14-13/h3,10,14H,4-5,7-9H2,1-2H3. The number of hydrogen-bond donors (Lipinski definition) is 1. The Morgan fingerprint density at radius 1 is 1.29 bits per heavy atom. The van der Waals surface area contributed by atoms with Gasteiger partial charge in [0.15, 0.2) is 0 Å². The van der Waals surface area contributed by atoms with Crippen LogP contribution in [0.2, 0.25) is 0 Å². The van der Waals surface area contributed by atoms with Gasteiger partial charge in [0.25, 0.3) is 0 Å². The first-order valence-corrected chi connectivity index (χ1v) is 5.49. The van der Waals surface area contributed by atoms with Crippen molar-refractivity contribution >= 4 is 0 Å². The van der Waals surface area contributed by atoms with Crippen LogP contribution in [-0.2, 0) is 12.8 Å². The Hall–Kier alpha value is -1.16. The van der Waals surface area contributed by atoms with Crippen molar-refractivity contribution in [2.45, 2.75) is 46.0 Å². The van der Waals surface area contributed by atoms with Crippen LogP contribution < -0.4 is 0 Å². The SMILES string of the molecule is C#Cc1c(CCC)c[nH]c1CCCC. The second-order valence-corrected chi connectivity index (χ2v) is 3.67. The minimum Gasteiger partial charge on any atom is -0.364 e. The molecule has 1 rings (SSSR count). The van der Waals surface area contributed by atoms with Crippen molar-refractivity contribution < 1.29 is 0 Å². The average Bonchev–Trinajstić information content (AvgIpc) is 2.58. The molecule has 0 fully saturated rings. The summed E-state index contributed by atoms with van der Waals surface area (Å²) in [6.07, 6.45) is 13.3. The number of hydrogen-bond acceptors (Lipinski definition) is 0. The first kappa shape index (κ1) is 10.9. The molecule has 0 aliphatic carbocycles. The summed E-state index contributed by atoms with van der Waals surface area (Å²) in [5.74, 6) is 2.81. The number of aromatic nitrogens is 1. The van der Waals surface area contributed by atoms with Crippen molar-refractivity contribution in [2.75, 3.05) is 0 Å².